The molecular formula is C12H18ClN3O. The van der Waals surface area contributed by atoms with Crippen LogP contribution >= 0.6 is 11.6 Å². The van der Waals surface area contributed by atoms with E-state index in [0.29, 0.717) is 23.8 Å². The van der Waals surface area contributed by atoms with E-state index < -0.39 is 0 Å². The standard InChI is InChI=1S/C12H18ClN3O/c1-12(2,3)15-8-6-10(17)16-9-5-4-7-14-11(9)13/h4-5,7,15H,6,8H2,1-3H3,(H,16,17). The fourth-order valence-electron chi connectivity index (χ4n) is 1.24. The molecule has 0 radical (unpaired) electrons. The number of nitrogens with zero attached hydrogens (tertiary/aromatic N) is 1. The van der Waals surface area contributed by atoms with E-state index >= 15 is 0 Å². The fourth-order valence-corrected chi connectivity index (χ4v) is 1.41. The molecule has 0 atom stereocenters. The third-order valence-electron chi connectivity index (χ3n) is 2.04. The number of carbonyl (C=O) groups is 1. The molecule has 0 aliphatic rings. The second-order valence-corrected chi connectivity index (χ2v) is 5.17. The highest BCUT2D eigenvalue weighted by Crippen LogP contribution is 2.17. The van der Waals surface area contributed by atoms with Crippen molar-refractivity contribution in [2.24, 2.45) is 0 Å². The van der Waals surface area contributed by atoms with Crippen molar-refractivity contribution < 1.29 is 4.79 Å². The predicted octanol–water partition coefficient (Wildman–Crippen LogP) is 2.45. The second-order valence-electron chi connectivity index (χ2n) is 4.82. The molecule has 0 spiro atoms. The van der Waals surface area contributed by atoms with Crippen LogP contribution in [0.5, 0.6) is 0 Å². The molecule has 1 aromatic heterocycles. The van der Waals surface area contributed by atoms with Crippen LogP contribution in [0.2, 0.25) is 5.15 Å². The maximum atomic E-state index is 11.6. The highest BCUT2D eigenvalue weighted by atomic mass is 35.5. The van der Waals surface area contributed by atoms with Crippen molar-refractivity contribution in [2.75, 3.05) is 11.9 Å². The van der Waals surface area contributed by atoms with Gasteiger partial charge < -0.3 is 10.6 Å². The number of carbonyl (C=O) groups excluding carboxylic acids is 1. The minimum Gasteiger partial charge on any atom is -0.323 e. The van der Waals surface area contributed by atoms with Crippen LogP contribution in [-0.2, 0) is 4.79 Å². The smallest absolute Gasteiger partial charge is 0.225 e. The Kier molecular flexibility index (Phi) is 4.90. The molecule has 0 bridgehead atoms. The van der Waals surface area contributed by atoms with E-state index in [1.807, 2.05) is 0 Å². The van der Waals surface area contributed by atoms with Gasteiger partial charge in [0.2, 0.25) is 5.91 Å². The first-order valence-corrected chi connectivity index (χ1v) is 5.92. The molecule has 1 heterocycles. The number of aromatic nitrogens is 1. The van der Waals surface area contributed by atoms with Crippen LogP contribution < -0.4 is 10.6 Å². The number of halogens is 1. The summed E-state index contributed by atoms with van der Waals surface area (Å²) in [5, 5.41) is 6.28. The summed E-state index contributed by atoms with van der Waals surface area (Å²) in [6, 6.07) is 3.46. The van der Waals surface area contributed by atoms with Gasteiger partial charge in [0.15, 0.2) is 5.15 Å². The summed E-state index contributed by atoms with van der Waals surface area (Å²) >= 11 is 5.83. The zero-order valence-corrected chi connectivity index (χ0v) is 11.1. The molecule has 94 valence electrons. The van der Waals surface area contributed by atoms with Crippen LogP contribution in [0.25, 0.3) is 0 Å². The normalized spacial score (nSPS) is 11.3. The third-order valence-corrected chi connectivity index (χ3v) is 2.34. The number of pyridine rings is 1. The maximum Gasteiger partial charge on any atom is 0.225 e. The van der Waals surface area contributed by atoms with E-state index in [1.165, 1.54) is 0 Å². The van der Waals surface area contributed by atoms with Crippen molar-refractivity contribution in [1.82, 2.24) is 10.3 Å². The van der Waals surface area contributed by atoms with E-state index in [-0.39, 0.29) is 11.4 Å². The van der Waals surface area contributed by atoms with E-state index in [2.05, 4.69) is 36.4 Å². The first kappa shape index (κ1) is 13.9. The minimum absolute atomic E-state index is 0.0201. The molecule has 17 heavy (non-hydrogen) atoms. The molecule has 1 rings (SSSR count). The second kappa shape index (κ2) is 5.98. The average molecular weight is 256 g/mol. The highest BCUT2D eigenvalue weighted by Gasteiger charge is 2.10. The first-order valence-electron chi connectivity index (χ1n) is 5.54. The van der Waals surface area contributed by atoms with Gasteiger partial charge in [-0.15, -0.1) is 0 Å². The van der Waals surface area contributed by atoms with Crippen molar-refractivity contribution in [3.05, 3.63) is 23.5 Å². The lowest BCUT2D eigenvalue weighted by atomic mass is 10.1. The molecule has 0 aliphatic carbocycles. The van der Waals surface area contributed by atoms with Gasteiger partial charge in [-0.1, -0.05) is 11.6 Å². The molecule has 0 unspecified atom stereocenters. The van der Waals surface area contributed by atoms with E-state index in [1.54, 1.807) is 18.3 Å². The van der Waals surface area contributed by atoms with Crippen LogP contribution in [-0.4, -0.2) is 23.0 Å². The minimum atomic E-state index is -0.0725. The molecule has 1 amide bonds. The molecule has 0 aliphatic heterocycles. The Morgan fingerprint density at radius 1 is 1.47 bits per heavy atom. The number of hydrogen-bond donors (Lipinski definition) is 2. The highest BCUT2D eigenvalue weighted by molar-refractivity contribution is 6.32. The molecule has 0 saturated heterocycles. The summed E-state index contributed by atoms with van der Waals surface area (Å²) < 4.78 is 0. The summed E-state index contributed by atoms with van der Waals surface area (Å²) in [6.45, 7) is 6.81. The summed E-state index contributed by atoms with van der Waals surface area (Å²) in [7, 11) is 0. The number of nitrogens with one attached hydrogen (secondary N) is 2. The SMILES string of the molecule is CC(C)(C)NCCC(=O)Nc1cccnc1Cl. The summed E-state index contributed by atoms with van der Waals surface area (Å²) in [6.07, 6.45) is 1.99. The molecule has 0 fully saturated rings. The molecular weight excluding hydrogens is 238 g/mol. The zero-order chi connectivity index (χ0) is 12.9. The lowest BCUT2D eigenvalue weighted by Gasteiger charge is -2.20. The lowest BCUT2D eigenvalue weighted by molar-refractivity contribution is -0.116. The molecule has 5 heteroatoms. The molecule has 1 aromatic rings. The van der Waals surface area contributed by atoms with Crippen LogP contribution in [0, 0.1) is 0 Å². The van der Waals surface area contributed by atoms with Crippen molar-refractivity contribution in [2.45, 2.75) is 32.7 Å². The Morgan fingerprint density at radius 2 is 2.18 bits per heavy atom. The summed E-state index contributed by atoms with van der Waals surface area (Å²) in [5.41, 5.74) is 0.571. The Hall–Kier alpha value is -1.13. The first-order chi connectivity index (χ1) is 7.88. The van der Waals surface area contributed by atoms with Crippen molar-refractivity contribution >= 4 is 23.2 Å². The van der Waals surface area contributed by atoms with Gasteiger partial charge in [0.1, 0.15) is 0 Å². The number of rotatable bonds is 4. The predicted molar refractivity (Wildman–Crippen MR) is 70.2 cm³/mol. The van der Waals surface area contributed by atoms with Crippen LogP contribution in [0.15, 0.2) is 18.3 Å². The van der Waals surface area contributed by atoms with Gasteiger partial charge in [-0.3, -0.25) is 4.79 Å². The van der Waals surface area contributed by atoms with E-state index in [4.69, 9.17) is 11.6 Å². The Bertz CT molecular complexity index is 388. The van der Waals surface area contributed by atoms with Crippen molar-refractivity contribution in [3.63, 3.8) is 0 Å². The van der Waals surface area contributed by atoms with Gasteiger partial charge in [-0.25, -0.2) is 4.98 Å². The van der Waals surface area contributed by atoms with Gasteiger partial charge >= 0.3 is 0 Å². The van der Waals surface area contributed by atoms with Crippen LogP contribution in [0.4, 0.5) is 5.69 Å². The quantitative estimate of drug-likeness (QED) is 0.813. The van der Waals surface area contributed by atoms with Gasteiger partial charge in [0.25, 0.3) is 0 Å². The average Bonchev–Trinajstić information content (AvgIpc) is 2.19. The summed E-state index contributed by atoms with van der Waals surface area (Å²) in [5.74, 6) is -0.0725. The summed E-state index contributed by atoms with van der Waals surface area (Å²) in [4.78, 5) is 15.5. The van der Waals surface area contributed by atoms with Gasteiger partial charge in [-0.05, 0) is 32.9 Å². The topological polar surface area (TPSA) is 54.0 Å². The molecule has 0 aromatic carbocycles. The van der Waals surface area contributed by atoms with Crippen molar-refractivity contribution in [3.8, 4) is 0 Å². The number of hydrogen-bond acceptors (Lipinski definition) is 3. The Labute approximate surface area is 107 Å². The lowest BCUT2D eigenvalue weighted by Crippen LogP contribution is -2.37. The van der Waals surface area contributed by atoms with Crippen LogP contribution in [0.1, 0.15) is 27.2 Å². The van der Waals surface area contributed by atoms with Crippen molar-refractivity contribution in [1.29, 1.82) is 0 Å². The van der Waals surface area contributed by atoms with Crippen LogP contribution in [0.3, 0.4) is 0 Å². The maximum absolute atomic E-state index is 11.6. The molecule has 4 nitrogen and oxygen atoms in total. The van der Waals surface area contributed by atoms with Gasteiger partial charge in [0.05, 0.1) is 5.69 Å². The van der Waals surface area contributed by atoms with Gasteiger partial charge in [0, 0.05) is 24.7 Å². The van der Waals surface area contributed by atoms with Gasteiger partial charge in [-0.2, -0.15) is 0 Å². The zero-order valence-electron chi connectivity index (χ0n) is 10.4. The Morgan fingerprint density at radius 3 is 2.76 bits per heavy atom. The molecule has 0 saturated carbocycles. The Balaban J connectivity index is 2.38. The number of amides is 1. The molecule has 2 N–H and O–H groups in total. The largest absolute Gasteiger partial charge is 0.323 e. The third kappa shape index (κ3) is 5.65. The fraction of sp³-hybridized carbons (Fsp3) is 0.500. The van der Waals surface area contributed by atoms with E-state index in [9.17, 15) is 4.79 Å². The van der Waals surface area contributed by atoms with E-state index in [0.717, 1.165) is 0 Å². The monoisotopic (exact) mass is 255 g/mol. The number of anilines is 1.